The summed E-state index contributed by atoms with van der Waals surface area (Å²) in [6.07, 6.45) is 3.70. The molecule has 0 bridgehead atoms. The third-order valence-corrected chi connectivity index (χ3v) is 7.92. The number of fused-ring (bicyclic) bond motifs is 1. The molecule has 1 aliphatic rings. The second kappa shape index (κ2) is 12.4. The van der Waals surface area contributed by atoms with Gasteiger partial charge in [-0.05, 0) is 32.4 Å². The largest absolute Gasteiger partial charge is 0.495 e. The Labute approximate surface area is 243 Å². The van der Waals surface area contributed by atoms with Gasteiger partial charge in [-0.1, -0.05) is 29.8 Å². The molecule has 0 saturated carbocycles. The molecular formula is C28H34Cl2N6O4. The summed E-state index contributed by atoms with van der Waals surface area (Å²) in [5.41, 5.74) is 0.816. The Bertz CT molecular complexity index is 1450. The molecular weight excluding hydrogens is 555 g/mol. The number of pyridine rings is 1. The topological polar surface area (TPSA) is 102 Å². The molecule has 1 aliphatic heterocycles. The molecule has 2 atom stereocenters. The van der Waals surface area contributed by atoms with Crippen LogP contribution in [0.15, 0.2) is 35.8 Å². The van der Waals surface area contributed by atoms with Crippen molar-refractivity contribution in [2.75, 3.05) is 46.2 Å². The van der Waals surface area contributed by atoms with Crippen molar-refractivity contribution in [1.82, 2.24) is 24.3 Å². The van der Waals surface area contributed by atoms with E-state index in [2.05, 4.69) is 26.8 Å². The van der Waals surface area contributed by atoms with E-state index in [1.165, 1.54) is 20.3 Å². The van der Waals surface area contributed by atoms with Gasteiger partial charge < -0.3 is 19.7 Å². The monoisotopic (exact) mass is 588 g/mol. The maximum Gasteiger partial charge on any atom is 0.260 e. The number of amides is 1. The number of methoxy groups -OCH3 is 2. The first-order valence-electron chi connectivity index (χ1n) is 13.0. The van der Waals surface area contributed by atoms with Gasteiger partial charge in [-0.15, -0.1) is 0 Å². The van der Waals surface area contributed by atoms with Gasteiger partial charge in [-0.25, -0.2) is 4.98 Å². The van der Waals surface area contributed by atoms with Crippen molar-refractivity contribution in [2.24, 2.45) is 0 Å². The molecule has 12 heteroatoms. The fraction of sp³-hybridized carbons (Fsp3) is 0.429. The summed E-state index contributed by atoms with van der Waals surface area (Å²) in [4.78, 5) is 39.4. The van der Waals surface area contributed by atoms with Crippen LogP contribution in [0.3, 0.4) is 0 Å². The summed E-state index contributed by atoms with van der Waals surface area (Å²) in [6.45, 7) is 10.3. The molecule has 214 valence electrons. The molecule has 3 aromatic rings. The first-order chi connectivity index (χ1) is 19.1. The molecule has 1 saturated heterocycles. The second-order valence-electron chi connectivity index (χ2n) is 9.78. The van der Waals surface area contributed by atoms with E-state index in [0.29, 0.717) is 52.6 Å². The Hall–Kier alpha value is -3.34. The molecule has 10 nitrogen and oxygen atoms in total. The van der Waals surface area contributed by atoms with E-state index in [1.54, 1.807) is 29.9 Å². The number of nitrogens with zero attached hydrogens (tertiary/aromatic N) is 5. The zero-order valence-corrected chi connectivity index (χ0v) is 24.8. The first-order valence-corrected chi connectivity index (χ1v) is 13.8. The highest BCUT2D eigenvalue weighted by molar-refractivity contribution is 6.41. The number of aromatic nitrogens is 3. The normalized spacial score (nSPS) is 17.6. The Balaban J connectivity index is 1.71. The lowest BCUT2D eigenvalue weighted by molar-refractivity contribution is -0.133. The minimum absolute atomic E-state index is 0.0546. The Kier molecular flexibility index (Phi) is 9.22. The number of benzene rings is 1. The third-order valence-electron chi connectivity index (χ3n) is 7.17. The predicted octanol–water partition coefficient (Wildman–Crippen LogP) is 4.32. The van der Waals surface area contributed by atoms with E-state index >= 15 is 0 Å². The van der Waals surface area contributed by atoms with Crippen LogP contribution in [0.1, 0.15) is 20.3 Å². The number of piperazine rings is 1. The van der Waals surface area contributed by atoms with Crippen molar-refractivity contribution in [3.63, 3.8) is 0 Å². The standard InChI is InChI=1S/C28H34Cl2N6O4/c1-7-22(37)36-16(2)14-34(15-17(36)3)9-8-10-35-26-18(13-32-28(31-4)33-26)11-19(27(35)38)23-24(29)20(39-5)12-21(40-6)25(23)30/h7,11-13,16-17H,1,8-10,14-15H2,2-6H3,(H,31,32,33). The summed E-state index contributed by atoms with van der Waals surface area (Å²) < 4.78 is 12.5. The van der Waals surface area contributed by atoms with Crippen LogP contribution in [0.4, 0.5) is 5.95 Å². The van der Waals surface area contributed by atoms with Gasteiger partial charge >= 0.3 is 0 Å². The molecule has 4 rings (SSSR count). The van der Waals surface area contributed by atoms with Crippen molar-refractivity contribution < 1.29 is 14.3 Å². The average molecular weight is 590 g/mol. The van der Waals surface area contributed by atoms with Crippen LogP contribution in [0.25, 0.3) is 22.2 Å². The number of carbonyl (C=O) groups excluding carboxylic acids is 1. The van der Waals surface area contributed by atoms with Crippen molar-refractivity contribution in [3.05, 3.63) is 51.4 Å². The average Bonchev–Trinajstić information content (AvgIpc) is 2.94. The number of aryl methyl sites for hydroxylation is 1. The number of carbonyl (C=O) groups is 1. The van der Waals surface area contributed by atoms with Crippen LogP contribution in [-0.2, 0) is 11.3 Å². The van der Waals surface area contributed by atoms with E-state index in [-0.39, 0.29) is 33.6 Å². The van der Waals surface area contributed by atoms with Crippen molar-refractivity contribution in [1.29, 1.82) is 0 Å². The summed E-state index contributed by atoms with van der Waals surface area (Å²) in [6, 6.07) is 3.39. The lowest BCUT2D eigenvalue weighted by atomic mass is 10.0. The molecule has 0 radical (unpaired) electrons. The van der Waals surface area contributed by atoms with Gasteiger partial charge in [0.15, 0.2) is 0 Å². The van der Waals surface area contributed by atoms with Crippen molar-refractivity contribution in [2.45, 2.75) is 38.9 Å². The van der Waals surface area contributed by atoms with Gasteiger partial charge in [-0.2, -0.15) is 4.98 Å². The van der Waals surface area contributed by atoms with Crippen molar-refractivity contribution >= 4 is 46.1 Å². The minimum Gasteiger partial charge on any atom is -0.495 e. The predicted molar refractivity (Wildman–Crippen MR) is 159 cm³/mol. The summed E-state index contributed by atoms with van der Waals surface area (Å²) in [5, 5.41) is 4.00. The van der Waals surface area contributed by atoms with Crippen LogP contribution in [0, 0.1) is 0 Å². The highest BCUT2D eigenvalue weighted by atomic mass is 35.5. The highest BCUT2D eigenvalue weighted by Gasteiger charge is 2.31. The lowest BCUT2D eigenvalue weighted by Gasteiger charge is -2.44. The van der Waals surface area contributed by atoms with E-state index in [1.807, 2.05) is 18.7 Å². The quantitative estimate of drug-likeness (QED) is 0.369. The van der Waals surface area contributed by atoms with Gasteiger partial charge in [0.2, 0.25) is 11.9 Å². The number of rotatable bonds is 9. The summed E-state index contributed by atoms with van der Waals surface area (Å²) >= 11 is 13.4. The smallest absolute Gasteiger partial charge is 0.260 e. The number of hydrogen-bond donors (Lipinski definition) is 1. The van der Waals surface area contributed by atoms with Gasteiger partial charge in [0.1, 0.15) is 17.1 Å². The van der Waals surface area contributed by atoms with E-state index < -0.39 is 0 Å². The number of ether oxygens (including phenoxy) is 2. The van der Waals surface area contributed by atoms with Crippen LogP contribution in [-0.4, -0.2) is 83.2 Å². The number of halogens is 2. The van der Waals surface area contributed by atoms with Crippen molar-refractivity contribution in [3.8, 4) is 22.6 Å². The lowest BCUT2D eigenvalue weighted by Crippen LogP contribution is -2.58. The molecule has 0 aliphatic carbocycles. The summed E-state index contributed by atoms with van der Waals surface area (Å²) in [5.74, 6) is 1.02. The molecule has 3 heterocycles. The number of nitrogens with one attached hydrogen (secondary N) is 1. The zero-order valence-electron chi connectivity index (χ0n) is 23.3. The second-order valence-corrected chi connectivity index (χ2v) is 10.5. The molecule has 2 unspecified atom stereocenters. The number of anilines is 1. The maximum absolute atomic E-state index is 14.0. The minimum atomic E-state index is -0.296. The molecule has 0 spiro atoms. The maximum atomic E-state index is 14.0. The molecule has 1 amide bonds. The SMILES string of the molecule is C=CC(=O)N1C(C)CN(CCCn2c(=O)c(-c3c(Cl)c(OC)cc(OC)c3Cl)cc3cnc(NC)nc32)CC1C. The first kappa shape index (κ1) is 29.6. The Morgan fingerprint density at radius 2 is 1.75 bits per heavy atom. The molecule has 1 aromatic carbocycles. The Morgan fingerprint density at radius 3 is 2.30 bits per heavy atom. The molecule has 1 fully saturated rings. The summed E-state index contributed by atoms with van der Waals surface area (Å²) in [7, 11) is 4.69. The van der Waals surface area contributed by atoms with E-state index in [9.17, 15) is 9.59 Å². The Morgan fingerprint density at radius 1 is 1.12 bits per heavy atom. The van der Waals surface area contributed by atoms with Crippen LogP contribution in [0.2, 0.25) is 10.0 Å². The van der Waals surface area contributed by atoms with Gasteiger partial charge in [0.05, 0.1) is 29.8 Å². The van der Waals surface area contributed by atoms with Gasteiger partial charge in [0.25, 0.3) is 5.56 Å². The van der Waals surface area contributed by atoms with Crippen LogP contribution < -0.4 is 20.3 Å². The number of hydrogen-bond acceptors (Lipinski definition) is 8. The fourth-order valence-electron chi connectivity index (χ4n) is 5.40. The highest BCUT2D eigenvalue weighted by Crippen LogP contribution is 2.45. The molecule has 2 aromatic heterocycles. The third kappa shape index (κ3) is 5.61. The molecule has 1 N–H and O–H groups in total. The zero-order chi connectivity index (χ0) is 29.1. The van der Waals surface area contributed by atoms with Crippen LogP contribution in [0.5, 0.6) is 11.5 Å². The van der Waals surface area contributed by atoms with Gasteiger partial charge in [0, 0.05) is 68.5 Å². The van der Waals surface area contributed by atoms with Crippen LogP contribution >= 0.6 is 23.2 Å². The fourth-order valence-corrected chi connectivity index (χ4v) is 6.10. The molecule has 40 heavy (non-hydrogen) atoms. The van der Waals surface area contributed by atoms with Gasteiger partial charge in [-0.3, -0.25) is 19.1 Å². The van der Waals surface area contributed by atoms with E-state index in [0.717, 1.165) is 19.6 Å². The van der Waals surface area contributed by atoms with E-state index in [4.69, 9.17) is 32.7 Å².